The van der Waals surface area contributed by atoms with Gasteiger partial charge in [-0.05, 0) is 30.9 Å². The van der Waals surface area contributed by atoms with Gasteiger partial charge in [-0.2, -0.15) is 0 Å². The molecule has 0 saturated carbocycles. The Hall–Kier alpha value is -1.15. The van der Waals surface area contributed by atoms with Crippen LogP contribution in [0.4, 0.5) is 0 Å². The van der Waals surface area contributed by atoms with Crippen LogP contribution in [0.15, 0.2) is 30.3 Å². The first-order chi connectivity index (χ1) is 8.65. The van der Waals surface area contributed by atoms with E-state index in [1.54, 1.807) is 0 Å². The molecule has 1 unspecified atom stereocenters. The van der Waals surface area contributed by atoms with E-state index in [4.69, 9.17) is 5.41 Å². The molecule has 0 aliphatic rings. The maximum atomic E-state index is 8.38. The van der Waals surface area contributed by atoms with Crippen molar-refractivity contribution in [1.29, 1.82) is 5.41 Å². The molecule has 1 rings (SSSR count). The predicted octanol–water partition coefficient (Wildman–Crippen LogP) is 3.72. The molecule has 0 fully saturated rings. The van der Waals surface area contributed by atoms with Gasteiger partial charge in [-0.25, -0.2) is 0 Å². The smallest absolute Gasteiger partial charge is 0.0429 e. The van der Waals surface area contributed by atoms with E-state index in [1.165, 1.54) is 0 Å². The quantitative estimate of drug-likeness (QED) is 0.532. The lowest BCUT2D eigenvalue weighted by atomic mass is 9.89. The Labute approximate surface area is 111 Å². The molecule has 18 heavy (non-hydrogen) atoms. The average Bonchev–Trinajstić information content (AvgIpc) is 2.37. The van der Waals surface area contributed by atoms with Crippen molar-refractivity contribution in [3.05, 3.63) is 35.9 Å². The van der Waals surface area contributed by atoms with Gasteiger partial charge in [-0.3, -0.25) is 0 Å². The minimum atomic E-state index is 0.318. The van der Waals surface area contributed by atoms with Crippen molar-refractivity contribution in [2.75, 3.05) is 13.1 Å². The Bertz CT molecular complexity index is 343. The van der Waals surface area contributed by atoms with Crippen LogP contribution in [0.3, 0.4) is 0 Å². The molecule has 0 aromatic heterocycles. The Kier molecular flexibility index (Phi) is 6.66. The van der Waals surface area contributed by atoms with Crippen LogP contribution >= 0.6 is 0 Å². The van der Waals surface area contributed by atoms with Crippen molar-refractivity contribution in [3.63, 3.8) is 0 Å². The van der Waals surface area contributed by atoms with Crippen LogP contribution in [0.1, 0.15) is 39.2 Å². The summed E-state index contributed by atoms with van der Waals surface area (Å²) in [6, 6.07) is 10.1. The van der Waals surface area contributed by atoms with Crippen LogP contribution in [-0.2, 0) is 0 Å². The van der Waals surface area contributed by atoms with Gasteiger partial charge in [-0.15, -0.1) is 0 Å². The summed E-state index contributed by atoms with van der Waals surface area (Å²) in [6.45, 7) is 8.58. The van der Waals surface area contributed by atoms with Gasteiger partial charge in [0, 0.05) is 18.2 Å². The molecule has 1 atom stereocenters. The molecule has 0 saturated heterocycles. The predicted molar refractivity (Wildman–Crippen MR) is 79.4 cm³/mol. The zero-order valence-electron chi connectivity index (χ0n) is 11.9. The monoisotopic (exact) mass is 246 g/mol. The Morgan fingerprint density at radius 1 is 1.22 bits per heavy atom. The highest BCUT2D eigenvalue weighted by molar-refractivity contribution is 6.00. The number of rotatable bonds is 8. The summed E-state index contributed by atoms with van der Waals surface area (Å²) >= 11 is 0. The first kappa shape index (κ1) is 14.9. The third-order valence-corrected chi connectivity index (χ3v) is 3.07. The van der Waals surface area contributed by atoms with Crippen LogP contribution in [0, 0.1) is 17.2 Å². The van der Waals surface area contributed by atoms with Gasteiger partial charge in [-0.1, -0.05) is 51.1 Å². The Morgan fingerprint density at radius 2 is 1.89 bits per heavy atom. The summed E-state index contributed by atoms with van der Waals surface area (Å²) < 4.78 is 0. The van der Waals surface area contributed by atoms with E-state index in [2.05, 4.69) is 26.1 Å². The summed E-state index contributed by atoms with van der Waals surface area (Å²) in [7, 11) is 0. The highest BCUT2D eigenvalue weighted by Crippen LogP contribution is 2.16. The van der Waals surface area contributed by atoms with Gasteiger partial charge < -0.3 is 10.7 Å². The van der Waals surface area contributed by atoms with E-state index in [0.717, 1.165) is 37.2 Å². The van der Waals surface area contributed by atoms with Crippen LogP contribution in [-0.4, -0.2) is 18.8 Å². The van der Waals surface area contributed by atoms with Gasteiger partial charge in [0.1, 0.15) is 0 Å². The molecule has 1 aromatic carbocycles. The fourth-order valence-corrected chi connectivity index (χ4v) is 2.18. The van der Waals surface area contributed by atoms with Gasteiger partial charge in [0.25, 0.3) is 0 Å². The average molecular weight is 246 g/mol. The van der Waals surface area contributed by atoms with Crippen LogP contribution < -0.4 is 5.32 Å². The Balaban J connectivity index is 2.66. The molecule has 2 nitrogen and oxygen atoms in total. The summed E-state index contributed by atoms with van der Waals surface area (Å²) in [5.41, 5.74) is 1.83. The van der Waals surface area contributed by atoms with Gasteiger partial charge >= 0.3 is 0 Å². The molecular formula is C16H26N2. The van der Waals surface area contributed by atoms with E-state index in [1.807, 2.05) is 30.3 Å². The van der Waals surface area contributed by atoms with E-state index in [0.29, 0.717) is 11.8 Å². The summed E-state index contributed by atoms with van der Waals surface area (Å²) in [4.78, 5) is 0. The normalized spacial score (nSPS) is 12.7. The molecular weight excluding hydrogens is 220 g/mol. The third-order valence-electron chi connectivity index (χ3n) is 3.07. The van der Waals surface area contributed by atoms with Gasteiger partial charge in [0.15, 0.2) is 0 Å². The van der Waals surface area contributed by atoms with E-state index in [9.17, 15) is 0 Å². The van der Waals surface area contributed by atoms with Crippen molar-refractivity contribution in [1.82, 2.24) is 5.32 Å². The molecule has 0 bridgehead atoms. The highest BCUT2D eigenvalue weighted by Gasteiger charge is 2.17. The summed E-state index contributed by atoms with van der Waals surface area (Å²) in [5, 5.41) is 11.8. The second-order valence-electron chi connectivity index (χ2n) is 5.31. The maximum Gasteiger partial charge on any atom is 0.0429 e. The maximum absolute atomic E-state index is 8.38. The fraction of sp³-hybridized carbons (Fsp3) is 0.562. The SMILES string of the molecule is CCCNCC(CC(C)C)C(=N)c1ccccc1. The topological polar surface area (TPSA) is 35.9 Å². The van der Waals surface area contributed by atoms with Crippen molar-refractivity contribution in [2.24, 2.45) is 11.8 Å². The van der Waals surface area contributed by atoms with Crippen LogP contribution in [0.5, 0.6) is 0 Å². The van der Waals surface area contributed by atoms with Gasteiger partial charge in [0.2, 0.25) is 0 Å². The minimum absolute atomic E-state index is 0.318. The number of benzene rings is 1. The standard InChI is InChI=1S/C16H26N2/c1-4-10-18-12-15(11-13(2)3)16(17)14-8-6-5-7-9-14/h5-9,13,15,17-18H,4,10-12H2,1-3H3. The Morgan fingerprint density at radius 3 is 2.44 bits per heavy atom. The van der Waals surface area contributed by atoms with Crippen molar-refractivity contribution in [2.45, 2.75) is 33.6 Å². The van der Waals surface area contributed by atoms with Crippen LogP contribution in [0.25, 0.3) is 0 Å². The lowest BCUT2D eigenvalue weighted by Gasteiger charge is -2.21. The van der Waals surface area contributed by atoms with E-state index in [-0.39, 0.29) is 0 Å². The number of hydrogen-bond acceptors (Lipinski definition) is 2. The zero-order valence-corrected chi connectivity index (χ0v) is 11.9. The zero-order chi connectivity index (χ0) is 13.4. The van der Waals surface area contributed by atoms with E-state index < -0.39 is 0 Å². The largest absolute Gasteiger partial charge is 0.316 e. The third kappa shape index (κ3) is 5.01. The molecule has 0 aliphatic heterocycles. The highest BCUT2D eigenvalue weighted by atomic mass is 14.9. The molecule has 100 valence electrons. The molecule has 2 N–H and O–H groups in total. The minimum Gasteiger partial charge on any atom is -0.316 e. The van der Waals surface area contributed by atoms with Crippen molar-refractivity contribution < 1.29 is 0 Å². The molecule has 0 spiro atoms. The molecule has 2 heteroatoms. The molecule has 0 heterocycles. The summed E-state index contributed by atoms with van der Waals surface area (Å²) in [6.07, 6.45) is 2.22. The van der Waals surface area contributed by atoms with E-state index >= 15 is 0 Å². The van der Waals surface area contributed by atoms with Crippen molar-refractivity contribution in [3.8, 4) is 0 Å². The lowest BCUT2D eigenvalue weighted by molar-refractivity contribution is 0.466. The molecule has 0 amide bonds. The fourth-order valence-electron chi connectivity index (χ4n) is 2.18. The van der Waals surface area contributed by atoms with Gasteiger partial charge in [0.05, 0.1) is 0 Å². The number of nitrogens with one attached hydrogen (secondary N) is 2. The molecule has 1 aromatic rings. The first-order valence-electron chi connectivity index (χ1n) is 6.99. The molecule has 0 radical (unpaired) electrons. The number of hydrogen-bond donors (Lipinski definition) is 2. The first-order valence-corrected chi connectivity index (χ1v) is 6.99. The molecule has 0 aliphatic carbocycles. The van der Waals surface area contributed by atoms with Crippen molar-refractivity contribution >= 4 is 5.71 Å². The summed E-state index contributed by atoms with van der Waals surface area (Å²) in [5.74, 6) is 0.946. The second-order valence-corrected chi connectivity index (χ2v) is 5.31. The lowest BCUT2D eigenvalue weighted by Crippen LogP contribution is -2.30. The second kappa shape index (κ2) is 8.04. The van der Waals surface area contributed by atoms with Crippen LogP contribution in [0.2, 0.25) is 0 Å².